The van der Waals surface area contributed by atoms with Crippen molar-refractivity contribution >= 4 is 20.9 Å². The third-order valence-electron chi connectivity index (χ3n) is 2.60. The highest BCUT2D eigenvalue weighted by Crippen LogP contribution is 2.25. The van der Waals surface area contributed by atoms with Crippen molar-refractivity contribution in [2.75, 3.05) is 5.75 Å². The molecule has 0 N–H and O–H groups in total. The van der Waals surface area contributed by atoms with E-state index in [0.717, 1.165) is 12.8 Å². The molecule has 0 radical (unpaired) electrons. The van der Waals surface area contributed by atoms with Crippen molar-refractivity contribution in [3.8, 4) is 0 Å². The zero-order valence-electron chi connectivity index (χ0n) is 9.93. The average Bonchev–Trinajstić information content (AvgIpc) is 2.71. The second-order valence-electron chi connectivity index (χ2n) is 3.87. The monoisotopic (exact) mass is 253 g/mol. The van der Waals surface area contributed by atoms with E-state index in [1.807, 2.05) is 6.92 Å². The Morgan fingerprint density at radius 3 is 2.71 bits per heavy atom. The van der Waals surface area contributed by atoms with Crippen molar-refractivity contribution in [2.45, 2.75) is 31.6 Å². The van der Waals surface area contributed by atoms with Crippen LogP contribution in [0.2, 0.25) is 0 Å². The molecule has 5 heteroatoms. The van der Waals surface area contributed by atoms with E-state index in [1.54, 1.807) is 25.1 Å². The van der Waals surface area contributed by atoms with Gasteiger partial charge in [-0.2, -0.15) is 0 Å². The lowest BCUT2D eigenvalue weighted by Gasteiger charge is -2.00. The lowest BCUT2D eigenvalue weighted by atomic mass is 10.3. The first-order chi connectivity index (χ1) is 8.08. The smallest absolute Gasteiger partial charge is 0.195 e. The third-order valence-corrected chi connectivity index (χ3v) is 4.35. The third kappa shape index (κ3) is 2.20. The molecule has 1 heterocycles. The number of fused-ring (bicyclic) bond motifs is 1. The maximum Gasteiger partial charge on any atom is 0.195 e. The summed E-state index contributed by atoms with van der Waals surface area (Å²) in [6, 6.07) is 5.04. The molecule has 2 aromatic rings. The molecule has 0 fully saturated rings. The molecule has 0 atom stereocenters. The van der Waals surface area contributed by atoms with Gasteiger partial charge >= 0.3 is 0 Å². The van der Waals surface area contributed by atoms with Gasteiger partial charge in [0.15, 0.2) is 21.3 Å². The van der Waals surface area contributed by atoms with Gasteiger partial charge in [-0.3, -0.25) is 0 Å². The number of hydrogen-bond acceptors (Lipinski definition) is 4. The maximum absolute atomic E-state index is 11.9. The number of sulfone groups is 1. The summed E-state index contributed by atoms with van der Waals surface area (Å²) in [4.78, 5) is 4.52. The molecule has 0 saturated carbocycles. The molecule has 4 nitrogen and oxygen atoms in total. The van der Waals surface area contributed by atoms with E-state index in [2.05, 4.69) is 4.98 Å². The van der Waals surface area contributed by atoms with Gasteiger partial charge in [0.05, 0.1) is 5.75 Å². The number of para-hydroxylation sites is 1. The molecule has 2 rings (SSSR count). The number of oxazole rings is 1. The number of aromatic nitrogens is 1. The largest absolute Gasteiger partial charge is 0.439 e. The van der Waals surface area contributed by atoms with Gasteiger partial charge in [-0.15, -0.1) is 0 Å². The van der Waals surface area contributed by atoms with Crippen molar-refractivity contribution in [3.63, 3.8) is 0 Å². The fourth-order valence-corrected chi connectivity index (χ4v) is 2.72. The van der Waals surface area contributed by atoms with Crippen LogP contribution >= 0.6 is 0 Å². The van der Waals surface area contributed by atoms with Gasteiger partial charge in [0.2, 0.25) is 0 Å². The molecular weight excluding hydrogens is 238 g/mol. The van der Waals surface area contributed by atoms with E-state index >= 15 is 0 Å². The van der Waals surface area contributed by atoms with Crippen LogP contribution in [0.1, 0.15) is 26.2 Å². The second-order valence-corrected chi connectivity index (χ2v) is 6.11. The number of nitrogens with zero attached hydrogens (tertiary/aromatic N) is 1. The molecule has 0 aliphatic rings. The Labute approximate surface area is 101 Å². The topological polar surface area (TPSA) is 60.2 Å². The normalized spacial score (nSPS) is 12.1. The average molecular weight is 253 g/mol. The van der Waals surface area contributed by atoms with Gasteiger partial charge in [0.25, 0.3) is 0 Å². The summed E-state index contributed by atoms with van der Waals surface area (Å²) < 4.78 is 29.3. The summed E-state index contributed by atoms with van der Waals surface area (Å²) in [6.07, 6.45) is 1.64. The lowest BCUT2D eigenvalue weighted by molar-refractivity contribution is 0.518. The van der Waals surface area contributed by atoms with Crippen LogP contribution in [-0.2, 0) is 16.3 Å². The van der Waals surface area contributed by atoms with Gasteiger partial charge in [0.1, 0.15) is 10.4 Å². The Bertz CT molecular complexity index is 628. The van der Waals surface area contributed by atoms with Crippen LogP contribution in [0, 0.1) is 0 Å². The van der Waals surface area contributed by atoms with E-state index in [0.29, 0.717) is 17.0 Å². The minimum absolute atomic E-state index is 0.0654. The van der Waals surface area contributed by atoms with Crippen molar-refractivity contribution in [2.24, 2.45) is 0 Å². The minimum Gasteiger partial charge on any atom is -0.439 e. The predicted molar refractivity (Wildman–Crippen MR) is 65.7 cm³/mol. The quantitative estimate of drug-likeness (QED) is 0.840. The van der Waals surface area contributed by atoms with Crippen LogP contribution in [-0.4, -0.2) is 19.2 Å². The Morgan fingerprint density at radius 2 is 2.06 bits per heavy atom. The first kappa shape index (κ1) is 12.1. The standard InChI is InChI=1S/C12H15NO3S/c1-3-6-11-13-9-7-5-8-10(12(9)16-11)17(14,15)4-2/h5,7-8H,3-4,6H2,1-2H3. The van der Waals surface area contributed by atoms with Crippen LogP contribution in [0.25, 0.3) is 11.1 Å². The highest BCUT2D eigenvalue weighted by atomic mass is 32.2. The predicted octanol–water partition coefficient (Wildman–Crippen LogP) is 2.57. The SMILES string of the molecule is CCCc1nc2cccc(S(=O)(=O)CC)c2o1. The van der Waals surface area contributed by atoms with E-state index in [1.165, 1.54) is 0 Å². The van der Waals surface area contributed by atoms with E-state index in [-0.39, 0.29) is 10.6 Å². The first-order valence-electron chi connectivity index (χ1n) is 5.69. The van der Waals surface area contributed by atoms with Gasteiger partial charge < -0.3 is 4.42 Å². The zero-order chi connectivity index (χ0) is 12.5. The van der Waals surface area contributed by atoms with E-state index in [4.69, 9.17) is 4.42 Å². The van der Waals surface area contributed by atoms with Gasteiger partial charge in [-0.05, 0) is 18.6 Å². The zero-order valence-corrected chi connectivity index (χ0v) is 10.8. The van der Waals surface area contributed by atoms with Crippen LogP contribution < -0.4 is 0 Å². The van der Waals surface area contributed by atoms with Crippen LogP contribution in [0.5, 0.6) is 0 Å². The second kappa shape index (κ2) is 4.49. The summed E-state index contributed by atoms with van der Waals surface area (Å²) in [5, 5.41) is 0. The number of rotatable bonds is 4. The first-order valence-corrected chi connectivity index (χ1v) is 7.35. The summed E-state index contributed by atoms with van der Waals surface area (Å²) in [6.45, 7) is 3.65. The fourth-order valence-electron chi connectivity index (χ4n) is 1.69. The summed E-state index contributed by atoms with van der Waals surface area (Å²) in [5.74, 6) is 0.664. The Kier molecular flexibility index (Phi) is 3.19. The summed E-state index contributed by atoms with van der Waals surface area (Å²) >= 11 is 0. The summed E-state index contributed by atoms with van der Waals surface area (Å²) in [5.41, 5.74) is 1.00. The molecule has 0 saturated heterocycles. The van der Waals surface area contributed by atoms with Crippen molar-refractivity contribution in [1.82, 2.24) is 4.98 Å². The summed E-state index contributed by atoms with van der Waals surface area (Å²) in [7, 11) is -3.26. The fraction of sp³-hybridized carbons (Fsp3) is 0.417. The van der Waals surface area contributed by atoms with Gasteiger partial charge in [-0.25, -0.2) is 13.4 Å². The van der Waals surface area contributed by atoms with Crippen LogP contribution in [0.3, 0.4) is 0 Å². The molecule has 0 aliphatic heterocycles. The molecular formula is C12H15NO3S. The Balaban J connectivity index is 2.65. The molecule has 0 unspecified atom stereocenters. The molecule has 92 valence electrons. The van der Waals surface area contributed by atoms with Crippen molar-refractivity contribution in [1.29, 1.82) is 0 Å². The number of benzene rings is 1. The lowest BCUT2D eigenvalue weighted by Crippen LogP contribution is -2.03. The number of hydrogen-bond donors (Lipinski definition) is 0. The highest BCUT2D eigenvalue weighted by molar-refractivity contribution is 7.91. The van der Waals surface area contributed by atoms with Gasteiger partial charge in [0, 0.05) is 6.42 Å². The van der Waals surface area contributed by atoms with Crippen LogP contribution in [0.15, 0.2) is 27.5 Å². The van der Waals surface area contributed by atoms with Crippen LogP contribution in [0.4, 0.5) is 0 Å². The van der Waals surface area contributed by atoms with Gasteiger partial charge in [-0.1, -0.05) is 19.9 Å². The van der Waals surface area contributed by atoms with Crippen molar-refractivity contribution < 1.29 is 12.8 Å². The molecule has 0 aliphatic carbocycles. The van der Waals surface area contributed by atoms with E-state index in [9.17, 15) is 8.42 Å². The minimum atomic E-state index is -3.26. The highest BCUT2D eigenvalue weighted by Gasteiger charge is 2.19. The Hall–Kier alpha value is -1.36. The molecule has 0 bridgehead atoms. The Morgan fingerprint density at radius 1 is 1.29 bits per heavy atom. The van der Waals surface area contributed by atoms with E-state index < -0.39 is 9.84 Å². The molecule has 0 amide bonds. The number of aryl methyl sites for hydroxylation is 1. The maximum atomic E-state index is 11.9. The molecule has 0 spiro atoms. The molecule has 17 heavy (non-hydrogen) atoms. The molecule has 1 aromatic carbocycles. The van der Waals surface area contributed by atoms with Crippen molar-refractivity contribution in [3.05, 3.63) is 24.1 Å². The molecule has 1 aromatic heterocycles.